The molecule has 0 saturated heterocycles. The van der Waals surface area contributed by atoms with E-state index >= 15 is 0 Å². The third-order valence-electron chi connectivity index (χ3n) is 1.08. The first-order valence-corrected chi connectivity index (χ1v) is 2.98. The van der Waals surface area contributed by atoms with Gasteiger partial charge in [0.1, 0.15) is 0 Å². The van der Waals surface area contributed by atoms with Crippen molar-refractivity contribution in [2.45, 2.75) is 18.9 Å². The molecule has 0 aliphatic heterocycles. The summed E-state index contributed by atoms with van der Waals surface area (Å²) in [6.07, 6.45) is 2.19. The number of nitrogens with one attached hydrogen (secondary N) is 1. The van der Waals surface area contributed by atoms with Crippen LogP contribution in [0.5, 0.6) is 0 Å². The van der Waals surface area contributed by atoms with Crippen LogP contribution in [0.1, 0.15) is 12.8 Å². The SMILES string of the molecule is NCC(=O)ONC1CC1. The zero-order chi connectivity index (χ0) is 6.69. The second kappa shape index (κ2) is 2.80. The van der Waals surface area contributed by atoms with E-state index < -0.39 is 5.97 Å². The highest BCUT2D eigenvalue weighted by Gasteiger charge is 2.22. The first-order chi connectivity index (χ1) is 4.33. The quantitative estimate of drug-likeness (QED) is 0.489. The third-order valence-corrected chi connectivity index (χ3v) is 1.08. The van der Waals surface area contributed by atoms with Crippen molar-refractivity contribution in [3.8, 4) is 0 Å². The van der Waals surface area contributed by atoms with Crippen LogP contribution in [0.2, 0.25) is 0 Å². The van der Waals surface area contributed by atoms with Gasteiger partial charge in [0, 0.05) is 6.04 Å². The lowest BCUT2D eigenvalue weighted by Crippen LogP contribution is -2.26. The fraction of sp³-hybridized carbons (Fsp3) is 0.800. The summed E-state index contributed by atoms with van der Waals surface area (Å²) in [5.41, 5.74) is 7.54. The van der Waals surface area contributed by atoms with Gasteiger partial charge in [0.05, 0.1) is 6.54 Å². The van der Waals surface area contributed by atoms with E-state index in [4.69, 9.17) is 5.73 Å². The van der Waals surface area contributed by atoms with Crippen molar-refractivity contribution < 1.29 is 9.63 Å². The highest BCUT2D eigenvalue weighted by Crippen LogP contribution is 2.18. The molecule has 1 fully saturated rings. The first kappa shape index (κ1) is 6.51. The molecule has 0 bridgehead atoms. The van der Waals surface area contributed by atoms with Crippen LogP contribution in [0.15, 0.2) is 0 Å². The lowest BCUT2D eigenvalue weighted by molar-refractivity contribution is -0.149. The van der Waals surface area contributed by atoms with Crippen LogP contribution in [0.3, 0.4) is 0 Å². The lowest BCUT2D eigenvalue weighted by Gasteiger charge is -1.99. The van der Waals surface area contributed by atoms with Crippen molar-refractivity contribution in [2.75, 3.05) is 6.54 Å². The second-order valence-electron chi connectivity index (χ2n) is 2.07. The van der Waals surface area contributed by atoms with Crippen molar-refractivity contribution in [2.24, 2.45) is 5.73 Å². The maximum Gasteiger partial charge on any atom is 0.338 e. The Hall–Kier alpha value is -0.610. The van der Waals surface area contributed by atoms with Crippen molar-refractivity contribution in [3.05, 3.63) is 0 Å². The van der Waals surface area contributed by atoms with Gasteiger partial charge in [-0.05, 0) is 12.8 Å². The summed E-state index contributed by atoms with van der Waals surface area (Å²) in [5, 5.41) is 0. The fourth-order valence-electron chi connectivity index (χ4n) is 0.392. The zero-order valence-electron chi connectivity index (χ0n) is 5.09. The molecule has 3 N–H and O–H groups in total. The molecule has 0 unspecified atom stereocenters. The van der Waals surface area contributed by atoms with E-state index in [0.29, 0.717) is 6.04 Å². The van der Waals surface area contributed by atoms with E-state index in [1.54, 1.807) is 0 Å². The predicted molar refractivity (Wildman–Crippen MR) is 31.3 cm³/mol. The molecule has 0 aromatic carbocycles. The minimum absolute atomic E-state index is 0.0558. The second-order valence-corrected chi connectivity index (χ2v) is 2.07. The van der Waals surface area contributed by atoms with Crippen LogP contribution in [0.4, 0.5) is 0 Å². The Kier molecular flexibility index (Phi) is 2.02. The van der Waals surface area contributed by atoms with Gasteiger partial charge in [-0.1, -0.05) is 0 Å². The van der Waals surface area contributed by atoms with Gasteiger partial charge in [0.25, 0.3) is 0 Å². The Balaban J connectivity index is 1.96. The van der Waals surface area contributed by atoms with Gasteiger partial charge in [0.15, 0.2) is 0 Å². The van der Waals surface area contributed by atoms with E-state index in [0.717, 1.165) is 12.8 Å². The van der Waals surface area contributed by atoms with Gasteiger partial charge < -0.3 is 10.6 Å². The highest BCUT2D eigenvalue weighted by molar-refractivity contribution is 5.70. The Labute approximate surface area is 53.3 Å². The molecule has 0 atom stereocenters. The maximum absolute atomic E-state index is 10.3. The number of carbonyl (C=O) groups is 1. The summed E-state index contributed by atoms with van der Waals surface area (Å²) in [5.74, 6) is -0.401. The highest BCUT2D eigenvalue weighted by atomic mass is 16.7. The molecular weight excluding hydrogens is 120 g/mol. The molecule has 0 spiro atoms. The first-order valence-electron chi connectivity index (χ1n) is 2.98. The minimum atomic E-state index is -0.401. The van der Waals surface area contributed by atoms with Gasteiger partial charge in [-0.25, -0.2) is 4.79 Å². The average molecular weight is 130 g/mol. The summed E-state index contributed by atoms with van der Waals surface area (Å²) >= 11 is 0. The number of rotatable bonds is 3. The van der Waals surface area contributed by atoms with Crippen LogP contribution in [-0.4, -0.2) is 18.6 Å². The molecule has 1 aliphatic rings. The van der Waals surface area contributed by atoms with E-state index in [2.05, 4.69) is 10.3 Å². The summed E-state index contributed by atoms with van der Waals surface area (Å²) in [4.78, 5) is 14.8. The number of nitrogens with two attached hydrogens (primary N) is 1. The molecule has 1 rings (SSSR count). The number of hydrogen-bond donors (Lipinski definition) is 2. The van der Waals surface area contributed by atoms with Gasteiger partial charge in [-0.15, -0.1) is 5.48 Å². The summed E-state index contributed by atoms with van der Waals surface area (Å²) in [6, 6.07) is 0.389. The molecule has 0 heterocycles. The van der Waals surface area contributed by atoms with Crippen LogP contribution in [0, 0.1) is 0 Å². The number of carbonyl (C=O) groups excluding carboxylic acids is 1. The van der Waals surface area contributed by atoms with E-state index in [-0.39, 0.29) is 6.54 Å². The molecule has 9 heavy (non-hydrogen) atoms. The minimum Gasteiger partial charge on any atom is -0.369 e. The van der Waals surface area contributed by atoms with Crippen LogP contribution in [-0.2, 0) is 9.63 Å². The maximum atomic E-state index is 10.3. The molecule has 0 aromatic rings. The van der Waals surface area contributed by atoms with E-state index in [1.165, 1.54) is 0 Å². The Bertz CT molecular complexity index is 112. The van der Waals surface area contributed by atoms with Crippen LogP contribution >= 0.6 is 0 Å². The molecular formula is C5H10N2O2. The molecule has 52 valence electrons. The molecule has 4 heteroatoms. The van der Waals surface area contributed by atoms with Crippen molar-refractivity contribution in [1.82, 2.24) is 5.48 Å². The lowest BCUT2D eigenvalue weighted by atomic mass is 10.7. The normalized spacial score (nSPS) is 17.4. The van der Waals surface area contributed by atoms with Gasteiger partial charge >= 0.3 is 5.97 Å². The number of hydrogen-bond acceptors (Lipinski definition) is 4. The largest absolute Gasteiger partial charge is 0.369 e. The van der Waals surface area contributed by atoms with Crippen molar-refractivity contribution in [3.63, 3.8) is 0 Å². The van der Waals surface area contributed by atoms with Gasteiger partial charge in [-0.2, -0.15) is 0 Å². The fourth-order valence-corrected chi connectivity index (χ4v) is 0.392. The smallest absolute Gasteiger partial charge is 0.338 e. The average Bonchev–Trinajstić information content (AvgIpc) is 2.65. The molecule has 1 aliphatic carbocycles. The van der Waals surface area contributed by atoms with Gasteiger partial charge in [0.2, 0.25) is 0 Å². The zero-order valence-corrected chi connectivity index (χ0v) is 5.09. The Morgan fingerprint density at radius 2 is 2.44 bits per heavy atom. The standard InChI is InChI=1S/C5H10N2O2/c6-3-5(8)9-7-4-1-2-4/h4,7H,1-3,6H2. The number of hydroxylamine groups is 1. The van der Waals surface area contributed by atoms with Crippen molar-refractivity contribution >= 4 is 5.97 Å². The topological polar surface area (TPSA) is 64.4 Å². The van der Waals surface area contributed by atoms with E-state index in [9.17, 15) is 4.79 Å². The molecule has 0 amide bonds. The van der Waals surface area contributed by atoms with Crippen molar-refractivity contribution in [1.29, 1.82) is 0 Å². The summed E-state index contributed by atoms with van der Waals surface area (Å²) in [7, 11) is 0. The summed E-state index contributed by atoms with van der Waals surface area (Å²) in [6.45, 7) is -0.0558. The van der Waals surface area contributed by atoms with Crippen LogP contribution < -0.4 is 11.2 Å². The molecule has 4 nitrogen and oxygen atoms in total. The predicted octanol–water partition coefficient (Wildman–Crippen LogP) is -0.845. The summed E-state index contributed by atoms with van der Waals surface area (Å²) < 4.78 is 0. The molecule has 1 saturated carbocycles. The van der Waals surface area contributed by atoms with Crippen LogP contribution in [0.25, 0.3) is 0 Å². The third kappa shape index (κ3) is 2.43. The monoisotopic (exact) mass is 130 g/mol. The molecule has 0 radical (unpaired) electrons. The Morgan fingerprint density at radius 3 is 2.89 bits per heavy atom. The Morgan fingerprint density at radius 1 is 1.78 bits per heavy atom. The van der Waals surface area contributed by atoms with Gasteiger partial charge in [-0.3, -0.25) is 0 Å². The molecule has 0 aromatic heterocycles. The van der Waals surface area contributed by atoms with E-state index in [1.807, 2.05) is 0 Å².